The van der Waals surface area contributed by atoms with Crippen LogP contribution in [0.25, 0.3) is 0 Å². The Bertz CT molecular complexity index is 657. The van der Waals surface area contributed by atoms with Crippen LogP contribution in [0.2, 0.25) is 0 Å². The zero-order valence-corrected chi connectivity index (χ0v) is 12.5. The number of fused-ring (bicyclic) bond motifs is 1. The fourth-order valence-electron chi connectivity index (χ4n) is 2.52. The minimum atomic E-state index is -0.637. The van der Waals surface area contributed by atoms with Gasteiger partial charge < -0.3 is 9.84 Å². The summed E-state index contributed by atoms with van der Waals surface area (Å²) >= 11 is 3.33. The average molecular weight is 337 g/mol. The lowest BCUT2D eigenvalue weighted by Gasteiger charge is -2.30. The lowest BCUT2D eigenvalue weighted by Crippen LogP contribution is -2.20. The third-order valence-electron chi connectivity index (χ3n) is 3.54. The first kappa shape index (κ1) is 13.6. The molecule has 0 bridgehead atoms. The summed E-state index contributed by atoms with van der Waals surface area (Å²) in [5.74, 6) is 0.305. The maximum Gasteiger partial charge on any atom is 0.130 e. The highest BCUT2D eigenvalue weighted by atomic mass is 79.9. The first-order valence-electron chi connectivity index (χ1n) is 6.45. The van der Waals surface area contributed by atoms with Crippen LogP contribution in [0.4, 0.5) is 4.39 Å². The Morgan fingerprint density at radius 3 is 2.80 bits per heavy atom. The summed E-state index contributed by atoms with van der Waals surface area (Å²) < 4.78 is 20.6. The first-order valence-corrected chi connectivity index (χ1v) is 7.24. The van der Waals surface area contributed by atoms with Crippen molar-refractivity contribution in [3.05, 3.63) is 63.4 Å². The normalized spacial score (nSPS) is 21.2. The predicted molar refractivity (Wildman–Crippen MR) is 78.2 cm³/mol. The molecule has 0 spiro atoms. The Kier molecular flexibility index (Phi) is 3.52. The van der Waals surface area contributed by atoms with Crippen LogP contribution < -0.4 is 4.74 Å². The predicted octanol–water partition coefficient (Wildman–Crippen LogP) is 4.45. The van der Waals surface area contributed by atoms with E-state index in [1.165, 1.54) is 6.07 Å². The van der Waals surface area contributed by atoms with Crippen molar-refractivity contribution in [2.45, 2.75) is 25.6 Å². The third kappa shape index (κ3) is 2.45. The Balaban J connectivity index is 1.99. The van der Waals surface area contributed by atoms with Crippen molar-refractivity contribution in [1.29, 1.82) is 0 Å². The van der Waals surface area contributed by atoms with Crippen LogP contribution in [0.1, 0.15) is 35.3 Å². The van der Waals surface area contributed by atoms with Gasteiger partial charge >= 0.3 is 0 Å². The van der Waals surface area contributed by atoms with Gasteiger partial charge in [0.2, 0.25) is 0 Å². The molecule has 0 aliphatic carbocycles. The Morgan fingerprint density at radius 2 is 2.00 bits per heavy atom. The van der Waals surface area contributed by atoms with Crippen molar-refractivity contribution >= 4 is 15.9 Å². The maximum absolute atomic E-state index is 13.9. The molecule has 0 saturated heterocycles. The van der Waals surface area contributed by atoms with Crippen LogP contribution in [0.3, 0.4) is 0 Å². The van der Waals surface area contributed by atoms with Gasteiger partial charge in [-0.25, -0.2) is 4.39 Å². The van der Waals surface area contributed by atoms with Gasteiger partial charge in [0.25, 0.3) is 0 Å². The quantitative estimate of drug-likeness (QED) is 0.833. The van der Waals surface area contributed by atoms with E-state index in [1.54, 1.807) is 12.1 Å². The van der Waals surface area contributed by atoms with Crippen molar-refractivity contribution in [3.8, 4) is 5.75 Å². The maximum atomic E-state index is 13.9. The number of hydrogen-bond acceptors (Lipinski definition) is 2. The van der Waals surface area contributed by atoms with Crippen molar-refractivity contribution in [2.24, 2.45) is 0 Å². The average Bonchev–Trinajstić information content (AvgIpc) is 2.42. The van der Waals surface area contributed by atoms with Gasteiger partial charge in [0.1, 0.15) is 17.7 Å². The second-order valence-corrected chi connectivity index (χ2v) is 5.98. The highest BCUT2D eigenvalue weighted by Crippen LogP contribution is 2.42. The molecule has 2 aromatic carbocycles. The van der Waals surface area contributed by atoms with Crippen LogP contribution in [-0.4, -0.2) is 5.11 Å². The number of aliphatic hydroxyl groups excluding tert-OH is 1. The number of aliphatic hydroxyl groups is 1. The monoisotopic (exact) mass is 336 g/mol. The van der Waals surface area contributed by atoms with E-state index in [0.29, 0.717) is 17.7 Å². The molecule has 104 valence electrons. The van der Waals surface area contributed by atoms with Gasteiger partial charge in [-0.3, -0.25) is 0 Å². The van der Waals surface area contributed by atoms with Gasteiger partial charge in [-0.1, -0.05) is 27.6 Å². The number of halogens is 2. The largest absolute Gasteiger partial charge is 0.485 e. The molecule has 0 aromatic heterocycles. The SMILES string of the molecule is Cc1ccc2c(c1)C(O)CC(c1cc(Br)ccc1F)O2. The van der Waals surface area contributed by atoms with Crippen molar-refractivity contribution in [1.82, 2.24) is 0 Å². The molecular weight excluding hydrogens is 323 g/mol. The molecule has 1 heterocycles. The zero-order chi connectivity index (χ0) is 14.3. The van der Waals surface area contributed by atoms with E-state index in [0.717, 1.165) is 15.6 Å². The summed E-state index contributed by atoms with van der Waals surface area (Å²) in [6.45, 7) is 1.97. The smallest absolute Gasteiger partial charge is 0.130 e. The summed E-state index contributed by atoms with van der Waals surface area (Å²) in [5, 5.41) is 10.3. The van der Waals surface area contributed by atoms with E-state index in [9.17, 15) is 9.50 Å². The van der Waals surface area contributed by atoms with Crippen LogP contribution in [0, 0.1) is 12.7 Å². The standard InChI is InChI=1S/C16H14BrFO2/c1-9-2-5-15-12(6-9)14(19)8-16(20-15)11-7-10(17)3-4-13(11)18/h2-7,14,16,19H,8H2,1H3. The number of benzene rings is 2. The minimum absolute atomic E-state index is 0.319. The zero-order valence-electron chi connectivity index (χ0n) is 10.9. The van der Waals surface area contributed by atoms with Gasteiger partial charge in [-0.2, -0.15) is 0 Å². The summed E-state index contributed by atoms with van der Waals surface area (Å²) in [4.78, 5) is 0. The molecule has 2 nitrogen and oxygen atoms in total. The van der Waals surface area contributed by atoms with Gasteiger partial charge in [-0.15, -0.1) is 0 Å². The third-order valence-corrected chi connectivity index (χ3v) is 4.03. The molecule has 0 amide bonds. The summed E-state index contributed by atoms with van der Waals surface area (Å²) in [6.07, 6.45) is -0.760. The van der Waals surface area contributed by atoms with E-state index >= 15 is 0 Å². The van der Waals surface area contributed by atoms with Gasteiger partial charge in [0.05, 0.1) is 6.10 Å². The fourth-order valence-corrected chi connectivity index (χ4v) is 2.90. The van der Waals surface area contributed by atoms with Crippen molar-refractivity contribution in [2.75, 3.05) is 0 Å². The Morgan fingerprint density at radius 1 is 1.20 bits per heavy atom. The number of hydrogen-bond donors (Lipinski definition) is 1. The van der Waals surface area contributed by atoms with Crippen molar-refractivity contribution in [3.63, 3.8) is 0 Å². The highest BCUT2D eigenvalue weighted by molar-refractivity contribution is 9.10. The second kappa shape index (κ2) is 5.19. The molecule has 3 rings (SSSR count). The molecule has 1 N–H and O–H groups in total. The molecule has 0 fully saturated rings. The number of aryl methyl sites for hydroxylation is 1. The molecule has 2 aromatic rings. The highest BCUT2D eigenvalue weighted by Gasteiger charge is 2.29. The lowest BCUT2D eigenvalue weighted by molar-refractivity contribution is 0.0639. The van der Waals surface area contributed by atoms with Crippen molar-refractivity contribution < 1.29 is 14.2 Å². The molecule has 0 saturated carbocycles. The fraction of sp³-hybridized carbons (Fsp3) is 0.250. The topological polar surface area (TPSA) is 29.5 Å². The summed E-state index contributed by atoms with van der Waals surface area (Å²) in [6, 6.07) is 10.4. The van der Waals surface area contributed by atoms with E-state index in [1.807, 2.05) is 25.1 Å². The molecule has 1 aliphatic heterocycles. The van der Waals surface area contributed by atoms with Crippen LogP contribution in [0.5, 0.6) is 5.75 Å². The van der Waals surface area contributed by atoms with Gasteiger partial charge in [0, 0.05) is 22.0 Å². The minimum Gasteiger partial charge on any atom is -0.485 e. The summed E-state index contributed by atoms with van der Waals surface area (Å²) in [7, 11) is 0. The Labute approximate surface area is 125 Å². The Hall–Kier alpha value is -1.39. The molecule has 20 heavy (non-hydrogen) atoms. The lowest BCUT2D eigenvalue weighted by atomic mass is 9.94. The molecule has 0 radical (unpaired) electrons. The van der Waals surface area contributed by atoms with Gasteiger partial charge in [-0.05, 0) is 37.3 Å². The van der Waals surface area contributed by atoms with E-state index < -0.39 is 12.2 Å². The summed E-state index contributed by atoms with van der Waals surface area (Å²) in [5.41, 5.74) is 2.31. The van der Waals surface area contributed by atoms with E-state index in [4.69, 9.17) is 4.74 Å². The molecule has 1 aliphatic rings. The number of ether oxygens (including phenoxy) is 1. The van der Waals surface area contributed by atoms with Crippen LogP contribution >= 0.6 is 15.9 Å². The molecule has 2 atom stereocenters. The molecule has 4 heteroatoms. The molecular formula is C16H14BrFO2. The first-order chi connectivity index (χ1) is 9.54. The van der Waals surface area contributed by atoms with E-state index in [2.05, 4.69) is 15.9 Å². The van der Waals surface area contributed by atoms with Crippen LogP contribution in [0.15, 0.2) is 40.9 Å². The molecule has 2 unspecified atom stereocenters. The van der Waals surface area contributed by atoms with Crippen LogP contribution in [-0.2, 0) is 0 Å². The number of rotatable bonds is 1. The van der Waals surface area contributed by atoms with E-state index in [-0.39, 0.29) is 5.82 Å². The second-order valence-electron chi connectivity index (χ2n) is 5.07. The van der Waals surface area contributed by atoms with Gasteiger partial charge in [0.15, 0.2) is 0 Å².